The number of anilines is 3. The van der Waals surface area contributed by atoms with E-state index >= 15 is 0 Å². The Labute approximate surface area is 115 Å². The molecule has 4 N–H and O–H groups in total. The first-order chi connectivity index (χ1) is 8.97. The molecule has 0 radical (unpaired) electrons. The third-order valence-corrected chi connectivity index (χ3v) is 3.42. The van der Waals surface area contributed by atoms with Crippen molar-refractivity contribution in [1.82, 2.24) is 4.98 Å². The Kier molecular flexibility index (Phi) is 3.71. The molecule has 0 atom stereocenters. The van der Waals surface area contributed by atoms with Crippen LogP contribution in [-0.4, -0.2) is 16.1 Å². The Morgan fingerprint density at radius 1 is 1.47 bits per heavy atom. The standard InChI is InChI=1S/C13H15N3O2S/c1-7(2)11-6-19-13(16-11)15-8-3-4-9(12(17)18)10(14)5-8/h3-7H,14H2,1-2H3,(H,15,16)(H,17,18). The van der Waals surface area contributed by atoms with Crippen molar-refractivity contribution in [2.75, 3.05) is 11.1 Å². The Hall–Kier alpha value is -2.08. The fourth-order valence-electron chi connectivity index (χ4n) is 1.57. The molecule has 0 aliphatic rings. The van der Waals surface area contributed by atoms with E-state index in [2.05, 4.69) is 24.1 Å². The zero-order chi connectivity index (χ0) is 14.0. The van der Waals surface area contributed by atoms with Gasteiger partial charge in [0.2, 0.25) is 0 Å². The van der Waals surface area contributed by atoms with Crippen LogP contribution < -0.4 is 11.1 Å². The molecule has 0 saturated heterocycles. The van der Waals surface area contributed by atoms with Crippen LogP contribution in [0.2, 0.25) is 0 Å². The molecule has 0 spiro atoms. The summed E-state index contributed by atoms with van der Waals surface area (Å²) in [4.78, 5) is 15.3. The number of nitrogens with zero attached hydrogens (tertiary/aromatic N) is 1. The number of aromatic nitrogens is 1. The van der Waals surface area contributed by atoms with Crippen LogP contribution in [0.4, 0.5) is 16.5 Å². The number of nitrogens with one attached hydrogen (secondary N) is 1. The van der Waals surface area contributed by atoms with E-state index < -0.39 is 5.97 Å². The molecule has 0 unspecified atom stereocenters. The summed E-state index contributed by atoms with van der Waals surface area (Å²) in [5.41, 5.74) is 7.79. The predicted octanol–water partition coefficient (Wildman–Crippen LogP) is 3.29. The van der Waals surface area contributed by atoms with E-state index in [1.54, 1.807) is 12.1 Å². The van der Waals surface area contributed by atoms with Crippen LogP contribution in [0.15, 0.2) is 23.6 Å². The molecule has 0 bridgehead atoms. The van der Waals surface area contributed by atoms with Crippen molar-refractivity contribution < 1.29 is 9.90 Å². The van der Waals surface area contributed by atoms with Crippen LogP contribution in [0.1, 0.15) is 35.8 Å². The van der Waals surface area contributed by atoms with Crippen molar-refractivity contribution in [3.05, 3.63) is 34.8 Å². The molecule has 1 heterocycles. The van der Waals surface area contributed by atoms with Gasteiger partial charge in [0.1, 0.15) is 0 Å². The molecule has 2 rings (SSSR count). The second kappa shape index (κ2) is 5.27. The van der Waals surface area contributed by atoms with E-state index in [0.29, 0.717) is 5.92 Å². The minimum absolute atomic E-state index is 0.104. The molecule has 5 nitrogen and oxygen atoms in total. The first kappa shape index (κ1) is 13.4. The van der Waals surface area contributed by atoms with Crippen molar-refractivity contribution in [2.45, 2.75) is 19.8 Å². The lowest BCUT2D eigenvalue weighted by Crippen LogP contribution is -2.03. The number of hydrogen-bond acceptors (Lipinski definition) is 5. The molecule has 1 aromatic carbocycles. The molecule has 6 heteroatoms. The van der Waals surface area contributed by atoms with Crippen LogP contribution in [0, 0.1) is 0 Å². The van der Waals surface area contributed by atoms with E-state index in [1.165, 1.54) is 17.4 Å². The van der Waals surface area contributed by atoms with E-state index in [9.17, 15) is 4.79 Å². The number of benzene rings is 1. The first-order valence-corrected chi connectivity index (χ1v) is 6.70. The molecule has 19 heavy (non-hydrogen) atoms. The van der Waals surface area contributed by atoms with Gasteiger partial charge in [-0.2, -0.15) is 0 Å². The van der Waals surface area contributed by atoms with Crippen LogP contribution in [0.25, 0.3) is 0 Å². The molecule has 0 saturated carbocycles. The van der Waals surface area contributed by atoms with Gasteiger partial charge in [0.05, 0.1) is 11.3 Å². The third-order valence-electron chi connectivity index (χ3n) is 2.65. The Balaban J connectivity index is 2.19. The van der Waals surface area contributed by atoms with Gasteiger partial charge < -0.3 is 16.2 Å². The average Bonchev–Trinajstić information content (AvgIpc) is 2.77. The summed E-state index contributed by atoms with van der Waals surface area (Å²) in [7, 11) is 0. The summed E-state index contributed by atoms with van der Waals surface area (Å²) >= 11 is 1.51. The van der Waals surface area contributed by atoms with E-state index in [0.717, 1.165) is 16.5 Å². The van der Waals surface area contributed by atoms with Crippen LogP contribution >= 0.6 is 11.3 Å². The van der Waals surface area contributed by atoms with Crippen molar-refractivity contribution in [3.63, 3.8) is 0 Å². The van der Waals surface area contributed by atoms with Crippen molar-refractivity contribution in [1.29, 1.82) is 0 Å². The van der Waals surface area contributed by atoms with Crippen molar-refractivity contribution in [3.8, 4) is 0 Å². The predicted molar refractivity (Wildman–Crippen MR) is 77.3 cm³/mol. The maximum atomic E-state index is 10.9. The normalized spacial score (nSPS) is 10.7. The maximum absolute atomic E-state index is 10.9. The number of carboxylic acids is 1. The SMILES string of the molecule is CC(C)c1csc(Nc2ccc(C(=O)O)c(N)c2)n1. The summed E-state index contributed by atoms with van der Waals surface area (Å²) in [5.74, 6) is -0.647. The number of thiazole rings is 1. The second-order valence-electron chi connectivity index (χ2n) is 4.46. The number of nitrogens with two attached hydrogens (primary N) is 1. The lowest BCUT2D eigenvalue weighted by molar-refractivity contribution is 0.0698. The van der Waals surface area contributed by atoms with Crippen LogP contribution in [-0.2, 0) is 0 Å². The molecule has 100 valence electrons. The van der Waals surface area contributed by atoms with Gasteiger partial charge in [0.15, 0.2) is 5.13 Å². The summed E-state index contributed by atoms with van der Waals surface area (Å²) < 4.78 is 0. The van der Waals surface area contributed by atoms with Gasteiger partial charge >= 0.3 is 5.97 Å². The largest absolute Gasteiger partial charge is 0.478 e. The molecule has 2 aromatic rings. The molecule has 0 fully saturated rings. The molecular formula is C13H15N3O2S. The second-order valence-corrected chi connectivity index (χ2v) is 5.32. The minimum atomic E-state index is -1.03. The summed E-state index contributed by atoms with van der Waals surface area (Å²) in [6.45, 7) is 4.16. The van der Waals surface area contributed by atoms with Crippen LogP contribution in [0.5, 0.6) is 0 Å². The van der Waals surface area contributed by atoms with Gasteiger partial charge in [-0.05, 0) is 24.1 Å². The topological polar surface area (TPSA) is 88.2 Å². The van der Waals surface area contributed by atoms with Gasteiger partial charge in [-0.15, -0.1) is 11.3 Å². The highest BCUT2D eigenvalue weighted by atomic mass is 32.1. The average molecular weight is 277 g/mol. The molecule has 0 aliphatic heterocycles. The lowest BCUT2D eigenvalue weighted by atomic mass is 10.1. The molecule has 0 amide bonds. The van der Waals surface area contributed by atoms with Gasteiger partial charge in [0, 0.05) is 16.8 Å². The minimum Gasteiger partial charge on any atom is -0.478 e. The number of carbonyl (C=O) groups is 1. The smallest absolute Gasteiger partial charge is 0.337 e. The van der Waals surface area contributed by atoms with Gasteiger partial charge in [-0.3, -0.25) is 0 Å². The number of carboxylic acid groups (broad SMARTS) is 1. The Morgan fingerprint density at radius 2 is 2.21 bits per heavy atom. The van der Waals surface area contributed by atoms with Crippen LogP contribution in [0.3, 0.4) is 0 Å². The van der Waals surface area contributed by atoms with E-state index in [-0.39, 0.29) is 11.3 Å². The van der Waals surface area contributed by atoms with Gasteiger partial charge in [0.25, 0.3) is 0 Å². The number of rotatable bonds is 4. The number of aromatic carboxylic acids is 1. The summed E-state index contributed by atoms with van der Waals surface area (Å²) in [6.07, 6.45) is 0. The highest BCUT2D eigenvalue weighted by Crippen LogP contribution is 2.26. The Bertz CT molecular complexity index is 608. The zero-order valence-electron chi connectivity index (χ0n) is 10.7. The fraction of sp³-hybridized carbons (Fsp3) is 0.231. The highest BCUT2D eigenvalue weighted by Gasteiger charge is 2.09. The molecule has 1 aromatic heterocycles. The Morgan fingerprint density at radius 3 is 2.74 bits per heavy atom. The van der Waals surface area contributed by atoms with Crippen molar-refractivity contribution >= 4 is 33.8 Å². The summed E-state index contributed by atoms with van der Waals surface area (Å²) in [6, 6.07) is 4.76. The van der Waals surface area contributed by atoms with Gasteiger partial charge in [-0.1, -0.05) is 13.8 Å². The lowest BCUT2D eigenvalue weighted by Gasteiger charge is -2.06. The van der Waals surface area contributed by atoms with E-state index in [4.69, 9.17) is 10.8 Å². The van der Waals surface area contributed by atoms with Gasteiger partial charge in [-0.25, -0.2) is 9.78 Å². The zero-order valence-corrected chi connectivity index (χ0v) is 11.5. The first-order valence-electron chi connectivity index (χ1n) is 5.82. The third kappa shape index (κ3) is 3.03. The number of hydrogen-bond donors (Lipinski definition) is 3. The summed E-state index contributed by atoms with van der Waals surface area (Å²) in [5, 5.41) is 14.8. The maximum Gasteiger partial charge on any atom is 0.337 e. The van der Waals surface area contributed by atoms with E-state index in [1.807, 2.05) is 5.38 Å². The fourth-order valence-corrected chi connectivity index (χ4v) is 2.46. The molecule has 0 aliphatic carbocycles. The number of nitrogen functional groups attached to an aromatic ring is 1. The molecular weight excluding hydrogens is 262 g/mol. The van der Waals surface area contributed by atoms with Crippen molar-refractivity contribution in [2.24, 2.45) is 0 Å². The monoisotopic (exact) mass is 277 g/mol. The highest BCUT2D eigenvalue weighted by molar-refractivity contribution is 7.13. The quantitative estimate of drug-likeness (QED) is 0.746.